The summed E-state index contributed by atoms with van der Waals surface area (Å²) < 4.78 is 21.0. The lowest BCUT2D eigenvalue weighted by molar-refractivity contribution is -0.175. The van der Waals surface area contributed by atoms with Gasteiger partial charge in [-0.1, -0.05) is 12.1 Å². The van der Waals surface area contributed by atoms with E-state index in [1.807, 2.05) is 6.07 Å². The number of carbonyl (C=O) groups is 3. The number of para-hydroxylation sites is 1. The van der Waals surface area contributed by atoms with Gasteiger partial charge in [0.05, 0.1) is 11.6 Å². The van der Waals surface area contributed by atoms with Crippen molar-refractivity contribution in [3.63, 3.8) is 0 Å². The highest BCUT2D eigenvalue weighted by Gasteiger charge is 2.69. The predicted octanol–water partition coefficient (Wildman–Crippen LogP) is 1.23. The molecule has 2 N–H and O–H groups in total. The SMILES string of the molecule is Cn1nc(C2CCC(=O)NC2=O)c2cccc(OCC(=O)NC34CC(F)(C3)C4)c21. The number of halogens is 1. The lowest BCUT2D eigenvalue weighted by atomic mass is 9.47. The maximum atomic E-state index is 13.6. The van der Waals surface area contributed by atoms with Gasteiger partial charge in [0.1, 0.15) is 16.9 Å². The minimum absolute atomic E-state index is 0.181. The summed E-state index contributed by atoms with van der Waals surface area (Å²) in [4.78, 5) is 35.9. The third-order valence-electron chi connectivity index (χ3n) is 6.15. The van der Waals surface area contributed by atoms with Crippen molar-refractivity contribution in [2.45, 2.75) is 49.2 Å². The van der Waals surface area contributed by atoms with E-state index >= 15 is 0 Å². The summed E-state index contributed by atoms with van der Waals surface area (Å²) in [6.45, 7) is -0.181. The number of nitrogens with one attached hydrogen (secondary N) is 2. The van der Waals surface area contributed by atoms with Gasteiger partial charge in [-0.3, -0.25) is 24.4 Å². The van der Waals surface area contributed by atoms with Crippen LogP contribution in [0.15, 0.2) is 18.2 Å². The van der Waals surface area contributed by atoms with Gasteiger partial charge in [-0.05, 0) is 12.5 Å². The van der Waals surface area contributed by atoms with Crippen LogP contribution in [0.25, 0.3) is 10.9 Å². The minimum Gasteiger partial charge on any atom is -0.482 e. The van der Waals surface area contributed by atoms with Crippen molar-refractivity contribution in [1.82, 2.24) is 20.4 Å². The molecule has 152 valence electrons. The van der Waals surface area contributed by atoms with Crippen LogP contribution in [0, 0.1) is 0 Å². The number of benzene rings is 1. The Morgan fingerprint density at radius 3 is 2.83 bits per heavy atom. The summed E-state index contributed by atoms with van der Waals surface area (Å²) in [5, 5.41) is 10.5. The number of amides is 3. The van der Waals surface area contributed by atoms with Crippen LogP contribution in [0.3, 0.4) is 0 Å². The number of piperidine rings is 1. The number of aromatic nitrogens is 2. The number of aryl methyl sites for hydroxylation is 1. The first-order chi connectivity index (χ1) is 13.8. The number of fused-ring (bicyclic) bond motifs is 1. The molecule has 6 rings (SSSR count). The van der Waals surface area contributed by atoms with E-state index in [0.29, 0.717) is 42.6 Å². The van der Waals surface area contributed by atoms with Gasteiger partial charge in [0.2, 0.25) is 11.8 Å². The lowest BCUT2D eigenvalue weighted by Gasteiger charge is -2.65. The monoisotopic (exact) mass is 400 g/mol. The fraction of sp³-hybridized carbons (Fsp3) is 0.500. The van der Waals surface area contributed by atoms with Crippen LogP contribution < -0.4 is 15.4 Å². The molecular weight excluding hydrogens is 379 g/mol. The van der Waals surface area contributed by atoms with E-state index in [1.165, 1.54) is 0 Å². The smallest absolute Gasteiger partial charge is 0.258 e. The highest BCUT2D eigenvalue weighted by molar-refractivity contribution is 6.03. The van der Waals surface area contributed by atoms with Crippen molar-refractivity contribution in [3.8, 4) is 5.75 Å². The first-order valence-electron chi connectivity index (χ1n) is 9.70. The van der Waals surface area contributed by atoms with Gasteiger partial charge in [-0.25, -0.2) is 4.39 Å². The molecule has 2 aromatic rings. The zero-order valence-corrected chi connectivity index (χ0v) is 16.0. The fourth-order valence-electron chi connectivity index (χ4n) is 4.93. The maximum absolute atomic E-state index is 13.6. The Morgan fingerprint density at radius 2 is 2.14 bits per heavy atom. The molecule has 0 spiro atoms. The summed E-state index contributed by atoms with van der Waals surface area (Å²) in [5.74, 6) is -0.936. The second kappa shape index (κ2) is 6.01. The largest absolute Gasteiger partial charge is 0.482 e. The normalized spacial score (nSPS) is 30.3. The van der Waals surface area contributed by atoms with Gasteiger partial charge >= 0.3 is 0 Å². The molecule has 4 fully saturated rings. The molecular formula is C20H21FN4O4. The molecule has 2 bridgehead atoms. The van der Waals surface area contributed by atoms with Crippen molar-refractivity contribution in [1.29, 1.82) is 0 Å². The zero-order valence-electron chi connectivity index (χ0n) is 16.0. The van der Waals surface area contributed by atoms with Gasteiger partial charge in [0.15, 0.2) is 6.61 Å². The molecule has 9 heteroatoms. The topological polar surface area (TPSA) is 102 Å². The molecule has 3 amide bonds. The average molecular weight is 400 g/mol. The maximum Gasteiger partial charge on any atom is 0.258 e. The number of nitrogens with zero attached hydrogens (tertiary/aromatic N) is 2. The number of hydrogen-bond acceptors (Lipinski definition) is 5. The van der Waals surface area contributed by atoms with Crippen LogP contribution in [-0.2, 0) is 21.4 Å². The van der Waals surface area contributed by atoms with Crippen LogP contribution >= 0.6 is 0 Å². The van der Waals surface area contributed by atoms with Crippen LogP contribution in [0.1, 0.15) is 43.7 Å². The Hall–Kier alpha value is -2.97. The van der Waals surface area contributed by atoms with E-state index in [4.69, 9.17) is 4.74 Å². The molecule has 29 heavy (non-hydrogen) atoms. The first-order valence-corrected chi connectivity index (χ1v) is 9.70. The number of imide groups is 1. The van der Waals surface area contributed by atoms with Crippen LogP contribution in [0.2, 0.25) is 0 Å². The highest BCUT2D eigenvalue weighted by Crippen LogP contribution is 2.62. The highest BCUT2D eigenvalue weighted by atomic mass is 19.1. The molecule has 8 nitrogen and oxygen atoms in total. The summed E-state index contributed by atoms with van der Waals surface area (Å²) in [6, 6.07) is 5.36. The average Bonchev–Trinajstić information content (AvgIpc) is 2.95. The second-order valence-electron chi connectivity index (χ2n) is 8.46. The third kappa shape index (κ3) is 2.87. The van der Waals surface area contributed by atoms with Crippen molar-refractivity contribution < 1.29 is 23.5 Å². The second-order valence-corrected chi connectivity index (χ2v) is 8.46. The van der Waals surface area contributed by atoms with Crippen molar-refractivity contribution in [2.75, 3.05) is 6.61 Å². The zero-order chi connectivity index (χ0) is 20.4. The number of carbonyl (C=O) groups excluding carboxylic acids is 3. The van der Waals surface area contributed by atoms with E-state index < -0.39 is 11.6 Å². The Morgan fingerprint density at radius 1 is 1.38 bits per heavy atom. The van der Waals surface area contributed by atoms with Gasteiger partial charge in [0, 0.05) is 43.7 Å². The summed E-state index contributed by atoms with van der Waals surface area (Å²) >= 11 is 0. The van der Waals surface area contributed by atoms with Crippen molar-refractivity contribution in [3.05, 3.63) is 23.9 Å². The Labute approximate surface area is 165 Å². The molecule has 0 radical (unpaired) electrons. The van der Waals surface area contributed by atoms with Crippen LogP contribution in [-0.4, -0.2) is 45.3 Å². The minimum atomic E-state index is -1.07. The van der Waals surface area contributed by atoms with E-state index in [9.17, 15) is 18.8 Å². The molecule has 1 saturated heterocycles. The third-order valence-corrected chi connectivity index (χ3v) is 6.15. The number of rotatable bonds is 5. The van der Waals surface area contributed by atoms with E-state index in [-0.39, 0.29) is 36.3 Å². The number of ether oxygens (including phenoxy) is 1. The molecule has 2 heterocycles. The summed E-state index contributed by atoms with van der Waals surface area (Å²) in [7, 11) is 1.74. The number of hydrogen-bond donors (Lipinski definition) is 2. The molecule has 1 aromatic heterocycles. The van der Waals surface area contributed by atoms with Crippen LogP contribution in [0.4, 0.5) is 4.39 Å². The molecule has 1 aromatic carbocycles. The summed E-state index contributed by atoms with van der Waals surface area (Å²) in [5.41, 5.74) is -0.189. The van der Waals surface area contributed by atoms with Crippen molar-refractivity contribution in [2.24, 2.45) is 7.05 Å². The quantitative estimate of drug-likeness (QED) is 0.735. The van der Waals surface area contributed by atoms with Crippen molar-refractivity contribution >= 4 is 28.6 Å². The predicted molar refractivity (Wildman–Crippen MR) is 99.9 cm³/mol. The van der Waals surface area contributed by atoms with Gasteiger partial charge in [-0.2, -0.15) is 5.10 Å². The van der Waals surface area contributed by atoms with Gasteiger partial charge < -0.3 is 10.1 Å². The molecule has 1 atom stereocenters. The molecule has 3 aliphatic carbocycles. The standard InChI is InChI=1S/C20H21FN4O4/c1-25-17-11(16(24-25)12-5-6-14(26)22-18(12)28)3-2-4-13(17)29-7-15(27)23-20-8-19(21,9-20)10-20/h2-4,12H,5-10H2,1H3,(H,23,27)(H,22,26,28). The Bertz CT molecular complexity index is 1040. The first kappa shape index (κ1) is 18.1. The van der Waals surface area contributed by atoms with Crippen LogP contribution in [0.5, 0.6) is 5.75 Å². The molecule has 1 unspecified atom stereocenters. The van der Waals surface area contributed by atoms with Gasteiger partial charge in [-0.15, -0.1) is 0 Å². The Kier molecular flexibility index (Phi) is 3.75. The van der Waals surface area contributed by atoms with E-state index in [1.54, 1.807) is 23.9 Å². The molecule has 4 aliphatic rings. The molecule has 3 saturated carbocycles. The number of alkyl halides is 1. The Balaban J connectivity index is 1.34. The fourth-order valence-corrected chi connectivity index (χ4v) is 4.93. The van der Waals surface area contributed by atoms with E-state index in [0.717, 1.165) is 5.39 Å². The van der Waals surface area contributed by atoms with E-state index in [2.05, 4.69) is 15.7 Å². The lowest BCUT2D eigenvalue weighted by Crippen LogP contribution is -2.77. The molecule has 1 aliphatic heterocycles. The van der Waals surface area contributed by atoms with Gasteiger partial charge in [0.25, 0.3) is 5.91 Å². The summed E-state index contributed by atoms with van der Waals surface area (Å²) in [6.07, 6.45) is 1.84.